The van der Waals surface area contributed by atoms with E-state index in [4.69, 9.17) is 17.0 Å². The van der Waals surface area contributed by atoms with Crippen molar-refractivity contribution in [3.63, 3.8) is 0 Å². The van der Waals surface area contributed by atoms with Gasteiger partial charge >= 0.3 is 0 Å². The minimum atomic E-state index is 0.585. The summed E-state index contributed by atoms with van der Waals surface area (Å²) in [5, 5.41) is 6.84. The Hall–Kier alpha value is -2.14. The van der Waals surface area contributed by atoms with Crippen molar-refractivity contribution >= 4 is 23.1 Å². The molecule has 21 heavy (non-hydrogen) atoms. The van der Waals surface area contributed by atoms with Gasteiger partial charge in [-0.25, -0.2) is 4.98 Å². The Morgan fingerprint density at radius 3 is 2.67 bits per heavy atom. The third kappa shape index (κ3) is 5.04. The molecule has 2 rings (SSSR count). The number of benzene rings is 1. The highest BCUT2D eigenvalue weighted by Crippen LogP contribution is 2.11. The zero-order valence-electron chi connectivity index (χ0n) is 12.2. The maximum absolute atomic E-state index is 5.25. The van der Waals surface area contributed by atoms with Crippen molar-refractivity contribution in [3.8, 4) is 5.75 Å². The van der Waals surface area contributed by atoms with Crippen molar-refractivity contribution < 1.29 is 4.74 Å². The molecule has 110 valence electrons. The second kappa shape index (κ2) is 7.59. The summed E-state index contributed by atoms with van der Waals surface area (Å²) < 4.78 is 5.13. The maximum Gasteiger partial charge on any atom is 0.171 e. The number of aromatic nitrogens is 1. The fourth-order valence-electron chi connectivity index (χ4n) is 1.88. The van der Waals surface area contributed by atoms with E-state index in [0.717, 1.165) is 30.1 Å². The molecular formula is C16H19N3OS. The van der Waals surface area contributed by atoms with Crippen LogP contribution in [0.2, 0.25) is 0 Å². The van der Waals surface area contributed by atoms with Gasteiger partial charge in [-0.2, -0.15) is 0 Å². The molecule has 0 aliphatic carbocycles. The van der Waals surface area contributed by atoms with Crippen molar-refractivity contribution in [2.24, 2.45) is 0 Å². The van der Waals surface area contributed by atoms with Crippen LogP contribution in [0.5, 0.6) is 5.75 Å². The van der Waals surface area contributed by atoms with E-state index < -0.39 is 0 Å². The van der Waals surface area contributed by atoms with Crippen LogP contribution in [0.4, 0.5) is 5.82 Å². The molecule has 0 fully saturated rings. The Bertz CT molecular complexity index is 599. The summed E-state index contributed by atoms with van der Waals surface area (Å²) in [6, 6.07) is 11.9. The van der Waals surface area contributed by atoms with E-state index >= 15 is 0 Å². The van der Waals surface area contributed by atoms with E-state index in [2.05, 4.69) is 27.8 Å². The molecule has 0 saturated heterocycles. The van der Waals surface area contributed by atoms with Crippen LogP contribution in [0.25, 0.3) is 0 Å². The van der Waals surface area contributed by atoms with Gasteiger partial charge in [-0.05, 0) is 61.0 Å². The number of thiocarbonyl (C=S) groups is 1. The molecule has 0 bridgehead atoms. The molecule has 0 aliphatic heterocycles. The number of methoxy groups -OCH3 is 1. The third-order valence-corrected chi connectivity index (χ3v) is 3.26. The first kappa shape index (κ1) is 15.3. The van der Waals surface area contributed by atoms with Gasteiger partial charge in [0, 0.05) is 12.7 Å². The molecule has 0 spiro atoms. The predicted octanol–water partition coefficient (Wildman–Crippen LogP) is 2.93. The maximum atomic E-state index is 5.25. The summed E-state index contributed by atoms with van der Waals surface area (Å²) in [6.45, 7) is 2.79. The Morgan fingerprint density at radius 1 is 1.24 bits per heavy atom. The highest BCUT2D eigenvalue weighted by Gasteiger charge is 1.99. The highest BCUT2D eigenvalue weighted by atomic mass is 32.1. The summed E-state index contributed by atoms with van der Waals surface area (Å²) in [4.78, 5) is 4.21. The number of anilines is 1. The minimum absolute atomic E-state index is 0.585. The molecule has 0 unspecified atom stereocenters. The van der Waals surface area contributed by atoms with Crippen molar-refractivity contribution in [3.05, 3.63) is 53.7 Å². The van der Waals surface area contributed by atoms with Crippen molar-refractivity contribution in [2.75, 3.05) is 19.0 Å². The lowest BCUT2D eigenvalue weighted by Gasteiger charge is -2.10. The van der Waals surface area contributed by atoms with Gasteiger partial charge in [0.05, 0.1) is 7.11 Å². The Kier molecular flexibility index (Phi) is 5.51. The molecule has 0 aliphatic rings. The number of pyridine rings is 1. The van der Waals surface area contributed by atoms with Crippen LogP contribution in [0.3, 0.4) is 0 Å². The van der Waals surface area contributed by atoms with Crippen LogP contribution in [0.1, 0.15) is 11.1 Å². The molecule has 0 saturated carbocycles. The topological polar surface area (TPSA) is 46.2 Å². The predicted molar refractivity (Wildman–Crippen MR) is 89.9 cm³/mol. The first-order chi connectivity index (χ1) is 10.2. The van der Waals surface area contributed by atoms with Gasteiger partial charge in [0.1, 0.15) is 11.6 Å². The van der Waals surface area contributed by atoms with Crippen molar-refractivity contribution in [1.82, 2.24) is 10.3 Å². The van der Waals surface area contributed by atoms with Gasteiger partial charge in [0.2, 0.25) is 0 Å². The first-order valence-electron chi connectivity index (χ1n) is 6.78. The number of rotatable bonds is 5. The zero-order valence-corrected chi connectivity index (χ0v) is 13.0. The van der Waals surface area contributed by atoms with E-state index in [1.54, 1.807) is 13.3 Å². The van der Waals surface area contributed by atoms with E-state index in [-0.39, 0.29) is 0 Å². The molecule has 1 heterocycles. The van der Waals surface area contributed by atoms with Crippen molar-refractivity contribution in [2.45, 2.75) is 13.3 Å². The van der Waals surface area contributed by atoms with E-state index in [1.165, 1.54) is 5.56 Å². The zero-order chi connectivity index (χ0) is 15.1. The van der Waals surface area contributed by atoms with Crippen LogP contribution in [0.15, 0.2) is 42.6 Å². The largest absolute Gasteiger partial charge is 0.497 e. The normalized spacial score (nSPS) is 10.0. The van der Waals surface area contributed by atoms with Gasteiger partial charge in [-0.1, -0.05) is 12.1 Å². The molecule has 0 amide bonds. The lowest BCUT2D eigenvalue weighted by Crippen LogP contribution is -2.30. The molecule has 2 N–H and O–H groups in total. The number of aryl methyl sites for hydroxylation is 1. The quantitative estimate of drug-likeness (QED) is 0.832. The SMILES string of the molecule is COc1ccc(CCNC(=S)Nc2cc(C)ccn2)cc1. The number of hydrogen-bond donors (Lipinski definition) is 2. The smallest absolute Gasteiger partial charge is 0.171 e. The Labute approximate surface area is 130 Å². The molecule has 1 aromatic carbocycles. The van der Waals surface area contributed by atoms with Crippen LogP contribution in [-0.4, -0.2) is 23.8 Å². The second-order valence-corrected chi connectivity index (χ2v) is 5.11. The van der Waals surface area contributed by atoms with Gasteiger partial charge in [-0.3, -0.25) is 0 Å². The summed E-state index contributed by atoms with van der Waals surface area (Å²) >= 11 is 5.25. The van der Waals surface area contributed by atoms with Crippen LogP contribution in [0, 0.1) is 6.92 Å². The summed E-state index contributed by atoms with van der Waals surface area (Å²) in [5.74, 6) is 1.63. The number of hydrogen-bond acceptors (Lipinski definition) is 3. The fraction of sp³-hybridized carbons (Fsp3) is 0.250. The lowest BCUT2D eigenvalue weighted by molar-refractivity contribution is 0.414. The van der Waals surface area contributed by atoms with Crippen molar-refractivity contribution in [1.29, 1.82) is 0 Å². The van der Waals surface area contributed by atoms with Crippen LogP contribution in [-0.2, 0) is 6.42 Å². The molecule has 0 atom stereocenters. The first-order valence-corrected chi connectivity index (χ1v) is 7.18. The molecule has 1 aromatic heterocycles. The average molecular weight is 301 g/mol. The summed E-state index contributed by atoms with van der Waals surface area (Å²) in [5.41, 5.74) is 2.38. The molecule has 0 radical (unpaired) electrons. The number of ether oxygens (including phenoxy) is 1. The molecule has 2 aromatic rings. The highest BCUT2D eigenvalue weighted by molar-refractivity contribution is 7.80. The number of nitrogens with zero attached hydrogens (tertiary/aromatic N) is 1. The number of nitrogens with one attached hydrogen (secondary N) is 2. The molecular weight excluding hydrogens is 282 g/mol. The van der Waals surface area contributed by atoms with E-state index in [1.807, 2.05) is 31.2 Å². The van der Waals surface area contributed by atoms with Gasteiger partial charge < -0.3 is 15.4 Å². The third-order valence-electron chi connectivity index (χ3n) is 3.02. The molecule has 4 nitrogen and oxygen atoms in total. The fourth-order valence-corrected chi connectivity index (χ4v) is 2.08. The van der Waals surface area contributed by atoms with Crippen LogP contribution >= 0.6 is 12.2 Å². The lowest BCUT2D eigenvalue weighted by atomic mass is 10.1. The van der Waals surface area contributed by atoms with Gasteiger partial charge in [-0.15, -0.1) is 0 Å². The Balaban J connectivity index is 1.76. The van der Waals surface area contributed by atoms with Gasteiger partial charge in [0.15, 0.2) is 5.11 Å². The van der Waals surface area contributed by atoms with E-state index in [0.29, 0.717) is 5.11 Å². The summed E-state index contributed by atoms with van der Waals surface area (Å²) in [7, 11) is 1.67. The second-order valence-electron chi connectivity index (χ2n) is 4.70. The Morgan fingerprint density at radius 2 is 2.00 bits per heavy atom. The van der Waals surface area contributed by atoms with E-state index in [9.17, 15) is 0 Å². The molecule has 5 heteroatoms. The monoisotopic (exact) mass is 301 g/mol. The standard InChI is InChI=1S/C16H19N3OS/c1-12-7-9-17-15(11-12)19-16(21)18-10-8-13-3-5-14(20-2)6-4-13/h3-7,9,11H,8,10H2,1-2H3,(H2,17,18,19,21). The van der Waals surface area contributed by atoms with Gasteiger partial charge in [0.25, 0.3) is 0 Å². The summed E-state index contributed by atoms with van der Waals surface area (Å²) in [6.07, 6.45) is 2.66. The van der Waals surface area contributed by atoms with Crippen LogP contribution < -0.4 is 15.4 Å². The minimum Gasteiger partial charge on any atom is -0.497 e. The average Bonchev–Trinajstić information content (AvgIpc) is 2.48.